The van der Waals surface area contributed by atoms with E-state index in [0.717, 1.165) is 39.3 Å². The average Bonchev–Trinajstić information content (AvgIpc) is 3.44. The van der Waals surface area contributed by atoms with Gasteiger partial charge >= 0.3 is 0 Å². The van der Waals surface area contributed by atoms with Crippen molar-refractivity contribution in [2.75, 3.05) is 4.90 Å². The predicted octanol–water partition coefficient (Wildman–Crippen LogP) is 19.1. The molecule has 0 aliphatic rings. The lowest BCUT2D eigenvalue weighted by Gasteiger charge is -2.29. The number of hydrogen-bond acceptors (Lipinski definition) is 1. The molecule has 0 bridgehead atoms. The molecule has 1 nitrogen and oxygen atoms in total. The van der Waals surface area contributed by atoms with Gasteiger partial charge in [-0.1, -0.05) is 243 Å². The van der Waals surface area contributed by atoms with Gasteiger partial charge in [0.15, 0.2) is 0 Å². The Bertz CT molecular complexity index is 3730. The Morgan fingerprint density at radius 3 is 1.29 bits per heavy atom. The van der Waals surface area contributed by atoms with E-state index < -0.39 is 0 Å². The van der Waals surface area contributed by atoms with E-state index in [1.54, 1.807) is 0 Å². The van der Waals surface area contributed by atoms with E-state index >= 15 is 0 Å². The maximum absolute atomic E-state index is 2.43. The standard InChI is InChI=1S/C68H47N/c1-6-21-48(22-7-1)54-31-20-32-58(45-54)69(57-41-37-49(38-42-57)55-39-43-59(50-23-8-2-9-24-50)64(46-55)51-25-10-3-11-26-51)66-36-19-18-33-60(66)56-40-44-62-61-34-16-17-35-63(61)67(52-27-12-4-13-28-52)68(65(62)47-56)53-29-14-5-15-30-53/h1-47H. The van der Waals surface area contributed by atoms with E-state index in [1.165, 1.54) is 77.2 Å². The van der Waals surface area contributed by atoms with Gasteiger partial charge < -0.3 is 4.90 Å². The number of hydrogen-bond donors (Lipinski definition) is 0. The van der Waals surface area contributed by atoms with Crippen molar-refractivity contribution in [2.45, 2.75) is 0 Å². The molecule has 0 aliphatic heterocycles. The Kier molecular flexibility index (Phi) is 11.0. The summed E-state index contributed by atoms with van der Waals surface area (Å²) in [5.74, 6) is 0. The molecule has 0 heterocycles. The van der Waals surface area contributed by atoms with Gasteiger partial charge in [0.2, 0.25) is 0 Å². The monoisotopic (exact) mass is 877 g/mol. The molecular weight excluding hydrogens is 831 g/mol. The van der Waals surface area contributed by atoms with E-state index in [9.17, 15) is 0 Å². The molecule has 12 aromatic carbocycles. The Labute approximate surface area is 404 Å². The van der Waals surface area contributed by atoms with Crippen LogP contribution in [0.1, 0.15) is 0 Å². The van der Waals surface area contributed by atoms with E-state index in [2.05, 4.69) is 290 Å². The molecule has 0 atom stereocenters. The zero-order chi connectivity index (χ0) is 45.9. The SMILES string of the molecule is c1ccc(-c2cccc(N(c3ccc(-c4ccc(-c5ccccc5)c(-c5ccccc5)c4)cc3)c3ccccc3-c3ccc4c(c3)c(-c3ccccc3)c(-c3ccccc3)c3ccccc34)c2)cc1. The third-order valence-corrected chi connectivity index (χ3v) is 13.5. The highest BCUT2D eigenvalue weighted by Crippen LogP contribution is 2.48. The Balaban J connectivity index is 1.03. The smallest absolute Gasteiger partial charge is 0.0540 e. The minimum atomic E-state index is 1.07. The molecule has 0 saturated carbocycles. The third kappa shape index (κ3) is 7.97. The van der Waals surface area contributed by atoms with Crippen LogP contribution in [0, 0.1) is 0 Å². The quantitative estimate of drug-likeness (QED) is 0.124. The third-order valence-electron chi connectivity index (χ3n) is 13.5. The van der Waals surface area contributed by atoms with Crippen LogP contribution < -0.4 is 4.90 Å². The van der Waals surface area contributed by atoms with E-state index in [4.69, 9.17) is 0 Å². The number of fused-ring (bicyclic) bond motifs is 3. The normalized spacial score (nSPS) is 11.2. The maximum atomic E-state index is 2.43. The van der Waals surface area contributed by atoms with Crippen LogP contribution in [-0.2, 0) is 0 Å². The molecule has 0 spiro atoms. The van der Waals surface area contributed by atoms with E-state index in [0.29, 0.717) is 0 Å². The van der Waals surface area contributed by atoms with Crippen molar-refractivity contribution in [3.63, 3.8) is 0 Å². The number of nitrogens with zero attached hydrogens (tertiary/aromatic N) is 1. The average molecular weight is 878 g/mol. The molecule has 0 aliphatic carbocycles. The van der Waals surface area contributed by atoms with Gasteiger partial charge in [-0.2, -0.15) is 0 Å². The number of rotatable bonds is 10. The number of benzene rings is 12. The van der Waals surface area contributed by atoms with Crippen LogP contribution in [0.25, 0.3) is 99.4 Å². The first-order valence-corrected chi connectivity index (χ1v) is 23.7. The summed E-state index contributed by atoms with van der Waals surface area (Å²) in [7, 11) is 0. The van der Waals surface area contributed by atoms with Crippen molar-refractivity contribution in [3.8, 4) is 77.9 Å². The van der Waals surface area contributed by atoms with Crippen molar-refractivity contribution in [3.05, 3.63) is 285 Å². The molecule has 12 aromatic rings. The van der Waals surface area contributed by atoms with Gasteiger partial charge in [-0.25, -0.2) is 0 Å². The molecular formula is C68H47N. The van der Waals surface area contributed by atoms with Crippen LogP contribution in [-0.4, -0.2) is 0 Å². The van der Waals surface area contributed by atoms with Crippen LogP contribution in [0.4, 0.5) is 17.1 Å². The first-order valence-electron chi connectivity index (χ1n) is 23.7. The van der Waals surface area contributed by atoms with E-state index in [1.807, 2.05) is 0 Å². The lowest BCUT2D eigenvalue weighted by molar-refractivity contribution is 1.28. The molecule has 12 rings (SSSR count). The molecule has 0 unspecified atom stereocenters. The van der Waals surface area contributed by atoms with Crippen LogP contribution in [0.3, 0.4) is 0 Å². The van der Waals surface area contributed by atoms with Crippen LogP contribution in [0.5, 0.6) is 0 Å². The Hall–Kier alpha value is -9.04. The van der Waals surface area contributed by atoms with Gasteiger partial charge in [-0.05, 0) is 136 Å². The van der Waals surface area contributed by atoms with Crippen LogP contribution >= 0.6 is 0 Å². The van der Waals surface area contributed by atoms with Crippen molar-refractivity contribution >= 4 is 38.6 Å². The summed E-state index contributed by atoms with van der Waals surface area (Å²) in [4.78, 5) is 2.43. The second-order valence-electron chi connectivity index (χ2n) is 17.6. The highest BCUT2D eigenvalue weighted by molar-refractivity contribution is 6.22. The second kappa shape index (κ2) is 18.3. The first kappa shape index (κ1) is 41.4. The largest absolute Gasteiger partial charge is 0.310 e. The van der Waals surface area contributed by atoms with Crippen molar-refractivity contribution in [2.24, 2.45) is 0 Å². The summed E-state index contributed by atoms with van der Waals surface area (Å²) in [5.41, 5.74) is 20.0. The van der Waals surface area contributed by atoms with Gasteiger partial charge in [-0.15, -0.1) is 0 Å². The maximum Gasteiger partial charge on any atom is 0.0540 e. The molecule has 0 radical (unpaired) electrons. The highest BCUT2D eigenvalue weighted by Gasteiger charge is 2.22. The fourth-order valence-electron chi connectivity index (χ4n) is 10.2. The summed E-state index contributed by atoms with van der Waals surface area (Å²) >= 11 is 0. The summed E-state index contributed by atoms with van der Waals surface area (Å²) in [6, 6.07) is 104. The zero-order valence-corrected chi connectivity index (χ0v) is 38.1. The highest BCUT2D eigenvalue weighted by atomic mass is 15.1. The van der Waals surface area contributed by atoms with Gasteiger partial charge in [0, 0.05) is 16.9 Å². The zero-order valence-electron chi connectivity index (χ0n) is 38.1. The van der Waals surface area contributed by atoms with E-state index in [-0.39, 0.29) is 0 Å². The molecule has 0 aromatic heterocycles. The minimum Gasteiger partial charge on any atom is -0.310 e. The number of anilines is 3. The lowest BCUT2D eigenvalue weighted by Crippen LogP contribution is -2.11. The lowest BCUT2D eigenvalue weighted by atomic mass is 9.84. The van der Waals surface area contributed by atoms with Gasteiger partial charge in [-0.3, -0.25) is 0 Å². The summed E-state index contributed by atoms with van der Waals surface area (Å²) < 4.78 is 0. The fraction of sp³-hybridized carbons (Fsp3) is 0. The van der Waals surface area contributed by atoms with Crippen molar-refractivity contribution in [1.82, 2.24) is 0 Å². The van der Waals surface area contributed by atoms with Crippen LogP contribution in [0.15, 0.2) is 285 Å². The molecule has 0 N–H and O–H groups in total. The van der Waals surface area contributed by atoms with Gasteiger partial charge in [0.1, 0.15) is 0 Å². The molecule has 0 amide bonds. The summed E-state index contributed by atoms with van der Waals surface area (Å²) in [6.45, 7) is 0. The van der Waals surface area contributed by atoms with Crippen molar-refractivity contribution in [1.29, 1.82) is 0 Å². The Morgan fingerprint density at radius 2 is 0.638 bits per heavy atom. The fourth-order valence-corrected chi connectivity index (χ4v) is 10.2. The topological polar surface area (TPSA) is 3.24 Å². The van der Waals surface area contributed by atoms with Gasteiger partial charge in [0.05, 0.1) is 5.69 Å². The first-order chi connectivity index (χ1) is 34.2. The molecule has 69 heavy (non-hydrogen) atoms. The molecule has 1 heteroatoms. The van der Waals surface area contributed by atoms with Crippen LogP contribution in [0.2, 0.25) is 0 Å². The predicted molar refractivity (Wildman–Crippen MR) is 294 cm³/mol. The molecule has 0 saturated heterocycles. The van der Waals surface area contributed by atoms with Gasteiger partial charge in [0.25, 0.3) is 0 Å². The van der Waals surface area contributed by atoms with Crippen molar-refractivity contribution < 1.29 is 0 Å². The summed E-state index contributed by atoms with van der Waals surface area (Å²) in [5, 5.41) is 4.96. The molecule has 0 fully saturated rings. The summed E-state index contributed by atoms with van der Waals surface area (Å²) in [6.07, 6.45) is 0. The molecule has 324 valence electrons. The number of para-hydroxylation sites is 1. The second-order valence-corrected chi connectivity index (χ2v) is 17.6. The Morgan fingerprint density at radius 1 is 0.188 bits per heavy atom. The minimum absolute atomic E-state index is 1.07.